The summed E-state index contributed by atoms with van der Waals surface area (Å²) in [5.74, 6) is -1.14. The summed E-state index contributed by atoms with van der Waals surface area (Å²) in [6.45, 7) is 9.83. The van der Waals surface area contributed by atoms with Crippen molar-refractivity contribution in [2.75, 3.05) is 5.32 Å². The van der Waals surface area contributed by atoms with Crippen molar-refractivity contribution in [2.45, 2.75) is 34.6 Å². The average Bonchev–Trinajstić information content (AvgIpc) is 2.91. The Morgan fingerprint density at radius 1 is 0.815 bits per heavy atom. The van der Waals surface area contributed by atoms with Gasteiger partial charge in [0.15, 0.2) is 0 Å². The number of aryl methyl sites for hydroxylation is 4. The van der Waals surface area contributed by atoms with Crippen LogP contribution in [0.1, 0.15) is 38.4 Å². The molecule has 1 heterocycles. The number of ketones is 1. The smallest absolute Gasteiger partial charge is 0.296 e. The van der Waals surface area contributed by atoms with Crippen molar-refractivity contribution >= 4 is 17.4 Å². The summed E-state index contributed by atoms with van der Waals surface area (Å²) in [5, 5.41) is 2.73. The normalized spacial score (nSPS) is 10.7. The molecule has 0 saturated heterocycles. The van der Waals surface area contributed by atoms with Gasteiger partial charge in [0.05, 0.1) is 5.69 Å². The number of carbonyl (C=O) groups is 2. The third kappa shape index (κ3) is 3.43. The molecule has 0 bridgehead atoms. The Balaban J connectivity index is 1.98. The number of Topliss-reactive ketones (excluding diaryl/α,β-unsaturated/α-hetero) is 1. The van der Waals surface area contributed by atoms with Gasteiger partial charge in [0, 0.05) is 22.6 Å². The van der Waals surface area contributed by atoms with E-state index in [-0.39, 0.29) is 0 Å². The third-order valence-corrected chi connectivity index (χ3v) is 4.94. The van der Waals surface area contributed by atoms with Gasteiger partial charge >= 0.3 is 0 Å². The van der Waals surface area contributed by atoms with E-state index in [9.17, 15) is 9.59 Å². The van der Waals surface area contributed by atoms with E-state index in [1.54, 1.807) is 12.1 Å². The van der Waals surface area contributed by atoms with Crippen LogP contribution in [0.15, 0.2) is 48.5 Å². The second kappa shape index (κ2) is 7.23. The van der Waals surface area contributed by atoms with Crippen molar-refractivity contribution in [1.29, 1.82) is 0 Å². The highest BCUT2D eigenvalue weighted by Crippen LogP contribution is 2.26. The molecule has 3 rings (SSSR count). The zero-order valence-corrected chi connectivity index (χ0v) is 16.4. The van der Waals surface area contributed by atoms with E-state index in [1.165, 1.54) is 0 Å². The van der Waals surface area contributed by atoms with Crippen molar-refractivity contribution in [3.63, 3.8) is 0 Å². The van der Waals surface area contributed by atoms with Gasteiger partial charge in [-0.1, -0.05) is 36.4 Å². The SMILES string of the molecule is Cc1ccccc1NC(=O)C(=O)c1cc(C)n(-c2c(C)cccc2C)c1C. The lowest BCUT2D eigenvalue weighted by Crippen LogP contribution is -2.23. The predicted molar refractivity (Wildman–Crippen MR) is 109 cm³/mol. The summed E-state index contributed by atoms with van der Waals surface area (Å²) in [6.07, 6.45) is 0. The number of rotatable bonds is 4. The van der Waals surface area contributed by atoms with Crippen LogP contribution < -0.4 is 5.32 Å². The maximum atomic E-state index is 12.8. The fourth-order valence-electron chi connectivity index (χ4n) is 3.51. The van der Waals surface area contributed by atoms with Crippen LogP contribution in [-0.4, -0.2) is 16.3 Å². The molecule has 4 heteroatoms. The van der Waals surface area contributed by atoms with E-state index in [1.807, 2.05) is 71.0 Å². The lowest BCUT2D eigenvalue weighted by atomic mass is 10.1. The molecule has 0 aliphatic carbocycles. The van der Waals surface area contributed by atoms with E-state index >= 15 is 0 Å². The van der Waals surface area contributed by atoms with Gasteiger partial charge in [-0.3, -0.25) is 9.59 Å². The summed E-state index contributed by atoms with van der Waals surface area (Å²) in [5.41, 5.74) is 7.01. The van der Waals surface area contributed by atoms with Crippen LogP contribution in [0.5, 0.6) is 0 Å². The highest BCUT2D eigenvalue weighted by molar-refractivity contribution is 6.46. The van der Waals surface area contributed by atoms with Gasteiger partial charge < -0.3 is 9.88 Å². The molecule has 0 atom stereocenters. The molecular formula is C23H24N2O2. The first-order valence-electron chi connectivity index (χ1n) is 8.98. The first-order chi connectivity index (χ1) is 12.8. The third-order valence-electron chi connectivity index (χ3n) is 4.94. The van der Waals surface area contributed by atoms with Crippen LogP contribution >= 0.6 is 0 Å². The second-order valence-electron chi connectivity index (χ2n) is 6.96. The number of amides is 1. The van der Waals surface area contributed by atoms with E-state index in [2.05, 4.69) is 9.88 Å². The van der Waals surface area contributed by atoms with Gasteiger partial charge in [0.25, 0.3) is 11.7 Å². The van der Waals surface area contributed by atoms with Crippen LogP contribution in [0.4, 0.5) is 5.69 Å². The molecule has 138 valence electrons. The molecule has 1 aromatic heterocycles. The Hall–Kier alpha value is -3.14. The first-order valence-corrected chi connectivity index (χ1v) is 8.98. The van der Waals surface area contributed by atoms with Crippen molar-refractivity contribution in [2.24, 2.45) is 0 Å². The fraction of sp³-hybridized carbons (Fsp3) is 0.217. The maximum absolute atomic E-state index is 12.8. The van der Waals surface area contributed by atoms with Crippen LogP contribution in [0.3, 0.4) is 0 Å². The van der Waals surface area contributed by atoms with Gasteiger partial charge in [0.2, 0.25) is 0 Å². The van der Waals surface area contributed by atoms with Crippen molar-refractivity contribution in [3.8, 4) is 5.69 Å². The zero-order valence-electron chi connectivity index (χ0n) is 16.4. The first kappa shape index (κ1) is 18.6. The molecule has 0 spiro atoms. The van der Waals surface area contributed by atoms with Crippen LogP contribution in [0.25, 0.3) is 5.69 Å². The van der Waals surface area contributed by atoms with Gasteiger partial charge in [-0.15, -0.1) is 0 Å². The Kier molecular flexibility index (Phi) is 5.00. The van der Waals surface area contributed by atoms with E-state index in [0.717, 1.165) is 33.8 Å². The van der Waals surface area contributed by atoms with E-state index < -0.39 is 11.7 Å². The highest BCUT2D eigenvalue weighted by atomic mass is 16.2. The summed E-state index contributed by atoms with van der Waals surface area (Å²) in [7, 11) is 0. The molecule has 1 amide bonds. The minimum absolute atomic E-state index is 0.432. The van der Waals surface area contributed by atoms with Crippen LogP contribution in [0, 0.1) is 34.6 Å². The number of para-hydroxylation sites is 2. The molecule has 0 aliphatic heterocycles. The topological polar surface area (TPSA) is 51.1 Å². The van der Waals surface area contributed by atoms with Crippen molar-refractivity contribution < 1.29 is 9.59 Å². The minimum atomic E-state index is -0.619. The number of nitrogens with zero attached hydrogens (tertiary/aromatic N) is 1. The molecule has 3 aromatic rings. The lowest BCUT2D eigenvalue weighted by Gasteiger charge is -2.15. The van der Waals surface area contributed by atoms with Crippen LogP contribution in [-0.2, 0) is 4.79 Å². The van der Waals surface area contributed by atoms with E-state index in [0.29, 0.717) is 11.3 Å². The van der Waals surface area contributed by atoms with Crippen molar-refractivity contribution in [1.82, 2.24) is 4.57 Å². The molecule has 0 fully saturated rings. The number of aromatic nitrogens is 1. The summed E-state index contributed by atoms with van der Waals surface area (Å²) >= 11 is 0. The van der Waals surface area contributed by atoms with Gasteiger partial charge in [-0.05, 0) is 63.4 Å². The standard InChI is InChI=1S/C23H24N2O2/c1-14-9-6-7-12-20(14)24-23(27)22(26)19-13-17(4)25(18(19)5)21-15(2)10-8-11-16(21)3/h6-13H,1-5H3,(H,24,27). The number of hydrogen-bond donors (Lipinski definition) is 1. The van der Waals surface area contributed by atoms with Gasteiger partial charge in [-0.2, -0.15) is 0 Å². The van der Waals surface area contributed by atoms with E-state index in [4.69, 9.17) is 0 Å². The minimum Gasteiger partial charge on any atom is -0.319 e. The molecule has 2 aromatic carbocycles. The van der Waals surface area contributed by atoms with Gasteiger partial charge in [0.1, 0.15) is 0 Å². The number of anilines is 1. The number of hydrogen-bond acceptors (Lipinski definition) is 2. The zero-order chi connectivity index (χ0) is 19.7. The van der Waals surface area contributed by atoms with Gasteiger partial charge in [-0.25, -0.2) is 0 Å². The Morgan fingerprint density at radius 3 is 2.04 bits per heavy atom. The largest absolute Gasteiger partial charge is 0.319 e. The second-order valence-corrected chi connectivity index (χ2v) is 6.96. The lowest BCUT2D eigenvalue weighted by molar-refractivity contribution is -0.112. The molecule has 1 N–H and O–H groups in total. The highest BCUT2D eigenvalue weighted by Gasteiger charge is 2.24. The summed E-state index contributed by atoms with van der Waals surface area (Å²) in [6, 6.07) is 15.3. The molecule has 4 nitrogen and oxygen atoms in total. The molecule has 0 aliphatic rings. The maximum Gasteiger partial charge on any atom is 0.296 e. The number of carbonyl (C=O) groups excluding carboxylic acids is 2. The quantitative estimate of drug-likeness (QED) is 0.534. The van der Waals surface area contributed by atoms with Crippen LogP contribution in [0.2, 0.25) is 0 Å². The molecule has 0 radical (unpaired) electrons. The van der Waals surface area contributed by atoms with Crippen molar-refractivity contribution in [3.05, 3.63) is 82.2 Å². The molecular weight excluding hydrogens is 336 g/mol. The average molecular weight is 360 g/mol. The number of nitrogens with one attached hydrogen (secondary N) is 1. The molecule has 0 saturated carbocycles. The Bertz CT molecular complexity index is 1020. The molecule has 0 unspecified atom stereocenters. The Morgan fingerprint density at radius 2 is 1.41 bits per heavy atom. The summed E-state index contributed by atoms with van der Waals surface area (Å²) in [4.78, 5) is 25.4. The fourth-order valence-corrected chi connectivity index (χ4v) is 3.51. The Labute approximate surface area is 159 Å². The number of benzene rings is 2. The summed E-state index contributed by atoms with van der Waals surface area (Å²) < 4.78 is 2.05. The predicted octanol–water partition coefficient (Wildman–Crippen LogP) is 4.84. The molecule has 27 heavy (non-hydrogen) atoms. The monoisotopic (exact) mass is 360 g/mol.